The van der Waals surface area contributed by atoms with Crippen molar-refractivity contribution in [2.24, 2.45) is 5.10 Å². The Balaban J connectivity index is 1.65. The van der Waals surface area contributed by atoms with Crippen LogP contribution in [0.1, 0.15) is 12.5 Å². The van der Waals surface area contributed by atoms with E-state index in [4.69, 9.17) is 24.1 Å². The molecule has 0 N–H and O–H groups in total. The van der Waals surface area contributed by atoms with Crippen LogP contribution in [0.2, 0.25) is 0 Å². The zero-order chi connectivity index (χ0) is 25.9. The van der Waals surface area contributed by atoms with Crippen LogP contribution in [0.4, 0.5) is 0 Å². The highest BCUT2D eigenvalue weighted by Gasteiger charge is 2.17. The first-order valence-electron chi connectivity index (χ1n) is 11.2. The Morgan fingerprint density at radius 3 is 2.84 bits per heavy atom. The number of aromatic nitrogens is 2. The standard InChI is InChI=1S/C27H18BrIN4O4/c1-2-35-23-12-16(11-20(29)25(23)36-10-9-30)15-31-33-26(32-21-6-4-3-5-19(21)27(33)34)24-14-17-13-18(28)7-8-22(17)37-24/h3-8,11-15H,2,10H2,1H3. The van der Waals surface area contributed by atoms with Gasteiger partial charge in [-0.05, 0) is 83.6 Å². The molecule has 5 rings (SSSR count). The van der Waals surface area contributed by atoms with E-state index >= 15 is 0 Å². The SMILES string of the molecule is CCOc1cc(C=Nn2c(-c3cc4cc(Br)ccc4o3)nc3ccccc3c2=O)cc(I)c1OCC#N. The average Bonchev–Trinajstić information content (AvgIpc) is 3.31. The Labute approximate surface area is 233 Å². The lowest BCUT2D eigenvalue weighted by atomic mass is 10.2. The molecule has 2 heterocycles. The number of para-hydroxylation sites is 1. The van der Waals surface area contributed by atoms with Gasteiger partial charge in [-0.1, -0.05) is 28.1 Å². The van der Waals surface area contributed by atoms with Crippen LogP contribution in [0, 0.1) is 14.9 Å². The summed E-state index contributed by atoms with van der Waals surface area (Å²) in [5, 5.41) is 14.7. The Bertz CT molecular complexity index is 1770. The van der Waals surface area contributed by atoms with Gasteiger partial charge in [-0.25, -0.2) is 4.98 Å². The van der Waals surface area contributed by atoms with E-state index < -0.39 is 0 Å². The molecule has 8 nitrogen and oxygen atoms in total. The molecular weight excluding hydrogens is 651 g/mol. The second kappa shape index (κ2) is 10.7. The normalized spacial score (nSPS) is 11.3. The molecule has 37 heavy (non-hydrogen) atoms. The summed E-state index contributed by atoms with van der Waals surface area (Å²) in [5.74, 6) is 1.66. The summed E-state index contributed by atoms with van der Waals surface area (Å²) < 4.78 is 20.2. The third-order valence-electron chi connectivity index (χ3n) is 5.39. The van der Waals surface area contributed by atoms with Crippen LogP contribution < -0.4 is 15.0 Å². The maximum atomic E-state index is 13.5. The first kappa shape index (κ1) is 25.0. The maximum absolute atomic E-state index is 13.5. The molecule has 3 aromatic carbocycles. The second-order valence-corrected chi connectivity index (χ2v) is 9.89. The molecule has 10 heteroatoms. The zero-order valence-electron chi connectivity index (χ0n) is 19.4. The number of furan rings is 1. The Morgan fingerprint density at radius 2 is 2.03 bits per heavy atom. The molecule has 0 atom stereocenters. The molecule has 0 amide bonds. The molecule has 0 bridgehead atoms. The van der Waals surface area contributed by atoms with Crippen molar-refractivity contribution < 1.29 is 13.9 Å². The number of ether oxygens (including phenoxy) is 2. The topological polar surface area (TPSA) is 103 Å². The highest BCUT2D eigenvalue weighted by atomic mass is 127. The lowest BCUT2D eigenvalue weighted by Crippen LogP contribution is -2.20. The fourth-order valence-electron chi connectivity index (χ4n) is 3.81. The Morgan fingerprint density at radius 1 is 1.19 bits per heavy atom. The number of rotatable bonds is 7. The zero-order valence-corrected chi connectivity index (χ0v) is 23.2. The first-order valence-corrected chi connectivity index (χ1v) is 13.1. The van der Waals surface area contributed by atoms with E-state index in [1.807, 2.05) is 49.4 Å². The minimum atomic E-state index is -0.327. The Hall–Kier alpha value is -3.69. The number of hydrogen-bond donors (Lipinski definition) is 0. The van der Waals surface area contributed by atoms with Crippen LogP contribution >= 0.6 is 38.5 Å². The molecule has 0 spiro atoms. The highest BCUT2D eigenvalue weighted by Crippen LogP contribution is 2.34. The quantitative estimate of drug-likeness (QED) is 0.148. The molecule has 0 aliphatic heterocycles. The van der Waals surface area contributed by atoms with Crippen LogP contribution in [0.5, 0.6) is 11.5 Å². The summed E-state index contributed by atoms with van der Waals surface area (Å²) >= 11 is 5.59. The molecule has 0 saturated heterocycles. The van der Waals surface area contributed by atoms with Crippen molar-refractivity contribution in [1.29, 1.82) is 5.26 Å². The summed E-state index contributed by atoms with van der Waals surface area (Å²) in [7, 11) is 0. The average molecular weight is 669 g/mol. The molecular formula is C27H18BrIN4O4. The number of benzene rings is 3. The van der Waals surface area contributed by atoms with Crippen molar-refractivity contribution in [3.63, 3.8) is 0 Å². The fourth-order valence-corrected chi connectivity index (χ4v) is 4.97. The van der Waals surface area contributed by atoms with Gasteiger partial charge in [0.05, 0.1) is 27.3 Å². The van der Waals surface area contributed by atoms with E-state index in [1.165, 1.54) is 4.68 Å². The van der Waals surface area contributed by atoms with Gasteiger partial charge in [-0.3, -0.25) is 4.79 Å². The van der Waals surface area contributed by atoms with Crippen molar-refractivity contribution >= 4 is 66.6 Å². The number of hydrogen-bond acceptors (Lipinski definition) is 7. The maximum Gasteiger partial charge on any atom is 0.282 e. The van der Waals surface area contributed by atoms with E-state index in [0.717, 1.165) is 13.4 Å². The van der Waals surface area contributed by atoms with Gasteiger partial charge in [-0.2, -0.15) is 15.0 Å². The predicted octanol–water partition coefficient (Wildman–Crippen LogP) is 6.36. The summed E-state index contributed by atoms with van der Waals surface area (Å²) in [4.78, 5) is 18.2. The lowest BCUT2D eigenvalue weighted by molar-refractivity contribution is 0.297. The molecule has 0 fully saturated rings. The molecule has 184 valence electrons. The number of nitrogens with zero attached hydrogens (tertiary/aromatic N) is 4. The highest BCUT2D eigenvalue weighted by molar-refractivity contribution is 14.1. The number of nitriles is 1. The minimum absolute atomic E-state index is 0.0981. The lowest BCUT2D eigenvalue weighted by Gasteiger charge is -2.13. The minimum Gasteiger partial charge on any atom is -0.490 e. The molecule has 0 aliphatic rings. The van der Waals surface area contributed by atoms with Gasteiger partial charge in [-0.15, -0.1) is 0 Å². The van der Waals surface area contributed by atoms with Gasteiger partial charge >= 0.3 is 0 Å². The van der Waals surface area contributed by atoms with Crippen LogP contribution in [-0.4, -0.2) is 29.1 Å². The molecule has 0 aliphatic carbocycles. The smallest absolute Gasteiger partial charge is 0.282 e. The van der Waals surface area contributed by atoms with E-state index in [-0.39, 0.29) is 18.0 Å². The fraction of sp³-hybridized carbons (Fsp3) is 0.111. The third kappa shape index (κ3) is 5.10. The van der Waals surface area contributed by atoms with Crippen molar-refractivity contribution in [2.75, 3.05) is 13.2 Å². The first-order chi connectivity index (χ1) is 18.0. The summed E-state index contributed by atoms with van der Waals surface area (Å²) in [5.41, 5.74) is 1.56. The molecule has 0 unspecified atom stereocenters. The van der Waals surface area contributed by atoms with E-state index in [0.29, 0.717) is 45.9 Å². The van der Waals surface area contributed by atoms with Gasteiger partial charge in [0.25, 0.3) is 5.56 Å². The van der Waals surface area contributed by atoms with Crippen LogP contribution in [-0.2, 0) is 0 Å². The Kier molecular flexibility index (Phi) is 7.25. The van der Waals surface area contributed by atoms with Crippen LogP contribution in [0.3, 0.4) is 0 Å². The van der Waals surface area contributed by atoms with Gasteiger partial charge in [0.2, 0.25) is 5.82 Å². The second-order valence-electron chi connectivity index (χ2n) is 7.82. The predicted molar refractivity (Wildman–Crippen MR) is 153 cm³/mol. The van der Waals surface area contributed by atoms with E-state index in [1.54, 1.807) is 30.5 Å². The van der Waals surface area contributed by atoms with Crippen molar-refractivity contribution in [2.45, 2.75) is 6.92 Å². The molecule has 0 saturated carbocycles. The largest absolute Gasteiger partial charge is 0.490 e. The summed E-state index contributed by atoms with van der Waals surface area (Å²) in [6.45, 7) is 2.18. The monoisotopic (exact) mass is 668 g/mol. The van der Waals surface area contributed by atoms with Gasteiger partial charge in [0.1, 0.15) is 11.7 Å². The van der Waals surface area contributed by atoms with Crippen LogP contribution in [0.25, 0.3) is 33.5 Å². The number of halogens is 2. The van der Waals surface area contributed by atoms with Gasteiger partial charge < -0.3 is 13.9 Å². The number of fused-ring (bicyclic) bond motifs is 2. The summed E-state index contributed by atoms with van der Waals surface area (Å²) in [6, 6.07) is 20.2. The molecule has 2 aromatic heterocycles. The summed E-state index contributed by atoms with van der Waals surface area (Å²) in [6.07, 6.45) is 1.55. The van der Waals surface area contributed by atoms with Crippen molar-refractivity contribution in [3.05, 3.63) is 84.6 Å². The van der Waals surface area contributed by atoms with Crippen molar-refractivity contribution in [3.8, 4) is 29.2 Å². The van der Waals surface area contributed by atoms with E-state index in [9.17, 15) is 4.79 Å². The molecule has 0 radical (unpaired) electrons. The third-order valence-corrected chi connectivity index (χ3v) is 6.68. The van der Waals surface area contributed by atoms with Crippen LogP contribution in [0.15, 0.2) is 79.4 Å². The van der Waals surface area contributed by atoms with Crippen molar-refractivity contribution in [1.82, 2.24) is 9.66 Å². The van der Waals surface area contributed by atoms with E-state index in [2.05, 4.69) is 43.6 Å². The molecule has 5 aromatic rings. The van der Waals surface area contributed by atoms with Gasteiger partial charge in [0.15, 0.2) is 23.9 Å². The van der Waals surface area contributed by atoms with Gasteiger partial charge in [0, 0.05) is 9.86 Å².